The predicted molar refractivity (Wildman–Crippen MR) is 79.3 cm³/mol. The molecule has 2 rings (SSSR count). The number of aromatic nitrogens is 1. The van der Waals surface area contributed by atoms with E-state index in [1.54, 1.807) is 6.92 Å². The molecule has 1 aromatic heterocycles. The van der Waals surface area contributed by atoms with E-state index >= 15 is 0 Å². The third kappa shape index (κ3) is 3.47. The first-order valence-electron chi connectivity index (χ1n) is 7.48. The molecule has 0 unspecified atom stereocenters. The van der Waals surface area contributed by atoms with Crippen LogP contribution in [0.4, 0.5) is 5.69 Å². The van der Waals surface area contributed by atoms with E-state index in [4.69, 9.17) is 0 Å². The average molecular weight is 262 g/mol. The summed E-state index contributed by atoms with van der Waals surface area (Å²) >= 11 is 0. The van der Waals surface area contributed by atoms with Crippen molar-refractivity contribution < 1.29 is 5.11 Å². The lowest BCUT2D eigenvalue weighted by molar-refractivity contribution is 0.194. The molecule has 0 bridgehead atoms. The van der Waals surface area contributed by atoms with E-state index in [1.807, 2.05) is 12.3 Å². The fraction of sp³-hybridized carbons (Fsp3) is 0.688. The molecular weight excluding hydrogens is 236 g/mol. The summed E-state index contributed by atoms with van der Waals surface area (Å²) in [6.45, 7) is 4.05. The third-order valence-corrected chi connectivity index (χ3v) is 4.55. The van der Waals surface area contributed by atoms with E-state index < -0.39 is 6.10 Å². The Bertz CT molecular complexity index is 380. The van der Waals surface area contributed by atoms with Crippen molar-refractivity contribution in [3.63, 3.8) is 0 Å². The number of hydrogen-bond acceptors (Lipinski definition) is 3. The average Bonchev–Trinajstić information content (AvgIpc) is 2.46. The van der Waals surface area contributed by atoms with Gasteiger partial charge in [0.25, 0.3) is 0 Å². The Kier molecular flexibility index (Phi) is 4.81. The summed E-state index contributed by atoms with van der Waals surface area (Å²) in [5.41, 5.74) is 1.90. The van der Waals surface area contributed by atoms with Gasteiger partial charge in [-0.3, -0.25) is 4.98 Å². The second kappa shape index (κ2) is 6.38. The zero-order valence-electron chi connectivity index (χ0n) is 12.3. The number of pyridine rings is 1. The number of anilines is 1. The predicted octanol–water partition coefficient (Wildman–Crippen LogP) is 3.54. The van der Waals surface area contributed by atoms with Gasteiger partial charge in [-0.15, -0.1) is 0 Å². The van der Waals surface area contributed by atoms with Crippen molar-refractivity contribution in [2.45, 2.75) is 58.1 Å². The molecule has 0 aromatic carbocycles. The molecule has 1 aliphatic carbocycles. The normalized spacial score (nSPS) is 25.1. The van der Waals surface area contributed by atoms with Gasteiger partial charge >= 0.3 is 0 Å². The number of nitrogens with zero attached hydrogens (tertiary/aromatic N) is 2. The van der Waals surface area contributed by atoms with Crippen LogP contribution in [0.2, 0.25) is 0 Å². The molecule has 1 saturated carbocycles. The summed E-state index contributed by atoms with van der Waals surface area (Å²) in [4.78, 5) is 6.69. The molecule has 106 valence electrons. The van der Waals surface area contributed by atoms with Gasteiger partial charge in [0.2, 0.25) is 0 Å². The van der Waals surface area contributed by atoms with Crippen LogP contribution in [0.1, 0.15) is 57.7 Å². The number of rotatable bonds is 4. The minimum Gasteiger partial charge on any atom is -0.387 e. The van der Waals surface area contributed by atoms with E-state index in [0.717, 1.165) is 17.3 Å². The van der Waals surface area contributed by atoms with Gasteiger partial charge in [0.05, 0.1) is 23.7 Å². The highest BCUT2D eigenvalue weighted by Crippen LogP contribution is 2.31. The SMILES string of the molecule is CCC1CCC(N(C)c2ccc([C@H](C)O)nc2)CC1. The van der Waals surface area contributed by atoms with Crippen LogP contribution in [0.5, 0.6) is 0 Å². The van der Waals surface area contributed by atoms with Gasteiger partial charge in [-0.1, -0.05) is 13.3 Å². The summed E-state index contributed by atoms with van der Waals surface area (Å²) in [6, 6.07) is 4.64. The molecule has 1 heterocycles. The molecule has 1 atom stereocenters. The van der Waals surface area contributed by atoms with Crippen molar-refractivity contribution in [1.82, 2.24) is 4.98 Å². The lowest BCUT2D eigenvalue weighted by atomic mass is 9.84. The topological polar surface area (TPSA) is 36.4 Å². The molecule has 19 heavy (non-hydrogen) atoms. The smallest absolute Gasteiger partial charge is 0.0931 e. The number of aliphatic hydroxyl groups excluding tert-OH is 1. The van der Waals surface area contributed by atoms with Crippen molar-refractivity contribution in [2.75, 3.05) is 11.9 Å². The molecule has 3 heteroatoms. The van der Waals surface area contributed by atoms with Crippen molar-refractivity contribution in [1.29, 1.82) is 0 Å². The van der Waals surface area contributed by atoms with E-state index in [2.05, 4.69) is 29.9 Å². The monoisotopic (exact) mass is 262 g/mol. The van der Waals surface area contributed by atoms with Crippen LogP contribution in [-0.4, -0.2) is 23.2 Å². The first-order chi connectivity index (χ1) is 9.11. The summed E-state index contributed by atoms with van der Waals surface area (Å²) in [5, 5.41) is 9.48. The first-order valence-corrected chi connectivity index (χ1v) is 7.48. The van der Waals surface area contributed by atoms with Crippen LogP contribution in [0.3, 0.4) is 0 Å². The Labute approximate surface area is 116 Å². The van der Waals surface area contributed by atoms with Crippen molar-refractivity contribution >= 4 is 5.69 Å². The Morgan fingerprint density at radius 1 is 1.32 bits per heavy atom. The molecule has 1 fully saturated rings. The molecule has 1 aliphatic rings. The zero-order chi connectivity index (χ0) is 13.8. The highest BCUT2D eigenvalue weighted by Gasteiger charge is 2.23. The Morgan fingerprint density at radius 3 is 2.47 bits per heavy atom. The molecule has 0 spiro atoms. The van der Waals surface area contributed by atoms with Crippen LogP contribution < -0.4 is 4.90 Å². The maximum atomic E-state index is 9.48. The molecular formula is C16H26N2O. The molecule has 1 N–H and O–H groups in total. The Morgan fingerprint density at radius 2 is 2.00 bits per heavy atom. The van der Waals surface area contributed by atoms with Gasteiger partial charge in [0, 0.05) is 13.1 Å². The van der Waals surface area contributed by atoms with Crippen LogP contribution in [0.15, 0.2) is 18.3 Å². The van der Waals surface area contributed by atoms with Crippen molar-refractivity contribution in [3.05, 3.63) is 24.0 Å². The summed E-state index contributed by atoms with van der Waals surface area (Å²) in [6.07, 6.45) is 7.99. The largest absolute Gasteiger partial charge is 0.387 e. The van der Waals surface area contributed by atoms with Gasteiger partial charge in [0.1, 0.15) is 0 Å². The fourth-order valence-electron chi connectivity index (χ4n) is 3.00. The first kappa shape index (κ1) is 14.3. The van der Waals surface area contributed by atoms with E-state index in [9.17, 15) is 5.11 Å². The van der Waals surface area contributed by atoms with Gasteiger partial charge in [0.15, 0.2) is 0 Å². The van der Waals surface area contributed by atoms with E-state index in [1.165, 1.54) is 32.1 Å². The van der Waals surface area contributed by atoms with Gasteiger partial charge in [-0.05, 0) is 50.7 Å². The standard InChI is InChI=1S/C16H26N2O/c1-4-13-5-7-14(8-6-13)18(3)15-9-10-16(12(2)19)17-11-15/h9-14,19H,4-8H2,1-3H3/t12-,13?,14?/m0/s1. The summed E-state index contributed by atoms with van der Waals surface area (Å²) in [5.74, 6) is 0.931. The lowest BCUT2D eigenvalue weighted by Crippen LogP contribution is -2.35. The second-order valence-corrected chi connectivity index (χ2v) is 5.81. The van der Waals surface area contributed by atoms with Gasteiger partial charge < -0.3 is 10.0 Å². The minimum atomic E-state index is -0.487. The third-order valence-electron chi connectivity index (χ3n) is 4.55. The molecule has 0 amide bonds. The Balaban J connectivity index is 1.97. The molecule has 0 radical (unpaired) electrons. The highest BCUT2D eigenvalue weighted by molar-refractivity contribution is 5.45. The van der Waals surface area contributed by atoms with Crippen LogP contribution in [-0.2, 0) is 0 Å². The van der Waals surface area contributed by atoms with Crippen molar-refractivity contribution in [2.24, 2.45) is 5.92 Å². The van der Waals surface area contributed by atoms with E-state index in [0.29, 0.717) is 6.04 Å². The quantitative estimate of drug-likeness (QED) is 0.901. The molecule has 1 aromatic rings. The molecule has 0 aliphatic heterocycles. The fourth-order valence-corrected chi connectivity index (χ4v) is 3.00. The van der Waals surface area contributed by atoms with Crippen molar-refractivity contribution in [3.8, 4) is 0 Å². The highest BCUT2D eigenvalue weighted by atomic mass is 16.3. The lowest BCUT2D eigenvalue weighted by Gasteiger charge is -2.35. The summed E-state index contributed by atoms with van der Waals surface area (Å²) in [7, 11) is 2.16. The minimum absolute atomic E-state index is 0.487. The van der Waals surface area contributed by atoms with Crippen LogP contribution >= 0.6 is 0 Å². The maximum Gasteiger partial charge on any atom is 0.0931 e. The Hall–Kier alpha value is -1.09. The zero-order valence-corrected chi connectivity index (χ0v) is 12.3. The van der Waals surface area contributed by atoms with Crippen LogP contribution in [0.25, 0.3) is 0 Å². The number of hydrogen-bond donors (Lipinski definition) is 1. The van der Waals surface area contributed by atoms with Gasteiger partial charge in [-0.25, -0.2) is 0 Å². The number of aliphatic hydroxyl groups is 1. The van der Waals surface area contributed by atoms with Crippen LogP contribution in [0, 0.1) is 5.92 Å². The summed E-state index contributed by atoms with van der Waals surface area (Å²) < 4.78 is 0. The maximum absolute atomic E-state index is 9.48. The molecule has 3 nitrogen and oxygen atoms in total. The molecule has 0 saturated heterocycles. The van der Waals surface area contributed by atoms with E-state index in [-0.39, 0.29) is 0 Å². The van der Waals surface area contributed by atoms with Gasteiger partial charge in [-0.2, -0.15) is 0 Å². The second-order valence-electron chi connectivity index (χ2n) is 5.81.